The summed E-state index contributed by atoms with van der Waals surface area (Å²) in [4.78, 5) is 13.2. The van der Waals surface area contributed by atoms with Crippen molar-refractivity contribution in [3.63, 3.8) is 0 Å². The molecule has 2 aliphatic rings. The van der Waals surface area contributed by atoms with Gasteiger partial charge in [-0.1, -0.05) is 56.5 Å². The Bertz CT molecular complexity index is 586. The first-order valence-electron chi connectivity index (χ1n) is 10.4. The van der Waals surface area contributed by atoms with Gasteiger partial charge >= 0.3 is 5.97 Å². The van der Waals surface area contributed by atoms with Crippen molar-refractivity contribution in [3.8, 4) is 0 Å². The lowest BCUT2D eigenvalue weighted by Crippen LogP contribution is -2.46. The first-order chi connectivity index (χ1) is 12.5. The molecule has 1 aromatic rings. The maximum atomic E-state index is 13.2. The third kappa shape index (κ3) is 4.14. The number of carbonyl (C=O) groups is 1. The summed E-state index contributed by atoms with van der Waals surface area (Å²) < 4.78 is 12.2. The van der Waals surface area contributed by atoms with Gasteiger partial charge in [0.2, 0.25) is 0 Å². The molecular formula is C23H34O3. The van der Waals surface area contributed by atoms with Crippen LogP contribution in [0.4, 0.5) is 0 Å². The predicted octanol–water partition coefficient (Wildman–Crippen LogP) is 5.44. The van der Waals surface area contributed by atoms with E-state index in [0.717, 1.165) is 32.1 Å². The van der Waals surface area contributed by atoms with Crippen LogP contribution in [0.5, 0.6) is 0 Å². The van der Waals surface area contributed by atoms with Crippen LogP contribution in [0.1, 0.15) is 69.9 Å². The Hall–Kier alpha value is -1.35. The SMILES string of the molecule is Cc1ccc(COC2CCCC2(C(=O)OCC(C)C)C2CCCC2)cc1. The van der Waals surface area contributed by atoms with E-state index < -0.39 is 5.41 Å². The van der Waals surface area contributed by atoms with E-state index in [1.165, 1.54) is 24.0 Å². The zero-order valence-corrected chi connectivity index (χ0v) is 16.6. The fraction of sp³-hybridized carbons (Fsp3) is 0.696. The fourth-order valence-corrected chi connectivity index (χ4v) is 4.80. The number of aryl methyl sites for hydroxylation is 1. The maximum Gasteiger partial charge on any atom is 0.315 e. The fourth-order valence-electron chi connectivity index (χ4n) is 4.80. The molecule has 26 heavy (non-hydrogen) atoms. The second-order valence-electron chi connectivity index (χ2n) is 8.69. The van der Waals surface area contributed by atoms with E-state index in [4.69, 9.17) is 9.47 Å². The summed E-state index contributed by atoms with van der Waals surface area (Å²) in [6.45, 7) is 7.37. The molecule has 1 aromatic carbocycles. The van der Waals surface area contributed by atoms with Gasteiger partial charge in [-0.25, -0.2) is 0 Å². The smallest absolute Gasteiger partial charge is 0.315 e. The van der Waals surface area contributed by atoms with Crippen molar-refractivity contribution in [1.29, 1.82) is 0 Å². The minimum atomic E-state index is -0.421. The molecule has 0 bridgehead atoms. The van der Waals surface area contributed by atoms with Gasteiger partial charge in [0.25, 0.3) is 0 Å². The third-order valence-corrected chi connectivity index (χ3v) is 6.21. The van der Waals surface area contributed by atoms with Crippen molar-refractivity contribution in [3.05, 3.63) is 35.4 Å². The van der Waals surface area contributed by atoms with Gasteiger partial charge in [-0.15, -0.1) is 0 Å². The van der Waals surface area contributed by atoms with E-state index in [-0.39, 0.29) is 12.1 Å². The second-order valence-corrected chi connectivity index (χ2v) is 8.69. The van der Waals surface area contributed by atoms with E-state index in [9.17, 15) is 4.79 Å². The molecule has 2 unspecified atom stereocenters. The van der Waals surface area contributed by atoms with E-state index in [1.54, 1.807) is 0 Å². The van der Waals surface area contributed by atoms with Crippen molar-refractivity contribution in [1.82, 2.24) is 0 Å². The highest BCUT2D eigenvalue weighted by molar-refractivity contribution is 5.78. The predicted molar refractivity (Wildman–Crippen MR) is 104 cm³/mol. The Morgan fingerprint density at radius 2 is 1.81 bits per heavy atom. The van der Waals surface area contributed by atoms with Gasteiger partial charge in [0.05, 0.1) is 24.7 Å². The summed E-state index contributed by atoms with van der Waals surface area (Å²) in [6, 6.07) is 8.49. The van der Waals surface area contributed by atoms with Crippen molar-refractivity contribution in [2.75, 3.05) is 6.61 Å². The molecular weight excluding hydrogens is 324 g/mol. The van der Waals surface area contributed by atoms with Gasteiger partial charge in [-0.05, 0) is 56.4 Å². The van der Waals surface area contributed by atoms with Crippen LogP contribution < -0.4 is 0 Å². The Morgan fingerprint density at radius 3 is 2.46 bits per heavy atom. The molecule has 2 saturated carbocycles. The zero-order valence-electron chi connectivity index (χ0n) is 16.6. The van der Waals surface area contributed by atoms with Crippen LogP contribution in [-0.2, 0) is 20.9 Å². The average Bonchev–Trinajstić information content (AvgIpc) is 3.29. The average molecular weight is 359 g/mol. The molecule has 2 aliphatic carbocycles. The van der Waals surface area contributed by atoms with Gasteiger partial charge < -0.3 is 9.47 Å². The van der Waals surface area contributed by atoms with Crippen LogP contribution in [-0.4, -0.2) is 18.7 Å². The molecule has 0 N–H and O–H groups in total. The summed E-state index contributed by atoms with van der Waals surface area (Å²) in [6.07, 6.45) is 7.69. The summed E-state index contributed by atoms with van der Waals surface area (Å²) >= 11 is 0. The molecule has 0 amide bonds. The number of benzene rings is 1. The molecule has 0 aromatic heterocycles. The Labute approximate surface area is 158 Å². The molecule has 3 rings (SSSR count). The normalized spacial score (nSPS) is 26.5. The number of esters is 1. The standard InChI is InChI=1S/C23H34O3/c1-17(2)15-26-22(24)23(20-7-4-5-8-20)14-6-9-21(23)25-16-19-12-10-18(3)11-13-19/h10-13,17,20-21H,4-9,14-16H2,1-3H3. The monoisotopic (exact) mass is 358 g/mol. The van der Waals surface area contributed by atoms with Gasteiger partial charge in [0, 0.05) is 0 Å². The number of carbonyl (C=O) groups excluding carboxylic acids is 1. The molecule has 3 heteroatoms. The first kappa shape index (κ1) is 19.4. The number of ether oxygens (including phenoxy) is 2. The third-order valence-electron chi connectivity index (χ3n) is 6.21. The van der Waals surface area contributed by atoms with E-state index in [1.807, 2.05) is 0 Å². The highest BCUT2D eigenvalue weighted by Gasteiger charge is 2.56. The van der Waals surface area contributed by atoms with Gasteiger partial charge in [-0.2, -0.15) is 0 Å². The summed E-state index contributed by atoms with van der Waals surface area (Å²) in [5.74, 6) is 0.796. The topological polar surface area (TPSA) is 35.5 Å². The molecule has 2 atom stereocenters. The molecule has 2 fully saturated rings. The Balaban J connectivity index is 1.74. The first-order valence-corrected chi connectivity index (χ1v) is 10.4. The van der Waals surface area contributed by atoms with Crippen LogP contribution in [0, 0.1) is 24.2 Å². The largest absolute Gasteiger partial charge is 0.465 e. The van der Waals surface area contributed by atoms with Crippen molar-refractivity contribution in [2.45, 2.75) is 78.4 Å². The quantitative estimate of drug-likeness (QED) is 0.609. The summed E-state index contributed by atoms with van der Waals surface area (Å²) in [5.41, 5.74) is 2.02. The van der Waals surface area contributed by atoms with Crippen molar-refractivity contribution in [2.24, 2.45) is 17.3 Å². The van der Waals surface area contributed by atoms with Crippen molar-refractivity contribution < 1.29 is 14.3 Å². The molecule has 0 saturated heterocycles. The van der Waals surface area contributed by atoms with E-state index in [0.29, 0.717) is 25.0 Å². The Morgan fingerprint density at radius 1 is 1.12 bits per heavy atom. The minimum absolute atomic E-state index is 0.00417. The lowest BCUT2D eigenvalue weighted by atomic mass is 9.71. The second kappa shape index (κ2) is 8.56. The van der Waals surface area contributed by atoms with Crippen LogP contribution in [0.2, 0.25) is 0 Å². The minimum Gasteiger partial charge on any atom is -0.465 e. The van der Waals surface area contributed by atoms with Crippen LogP contribution in [0.25, 0.3) is 0 Å². The van der Waals surface area contributed by atoms with Gasteiger partial charge in [0.15, 0.2) is 0 Å². The highest BCUT2D eigenvalue weighted by atomic mass is 16.5. The van der Waals surface area contributed by atoms with Crippen molar-refractivity contribution >= 4 is 5.97 Å². The van der Waals surface area contributed by atoms with E-state index in [2.05, 4.69) is 45.0 Å². The highest BCUT2D eigenvalue weighted by Crippen LogP contribution is 2.52. The molecule has 0 heterocycles. The maximum absolute atomic E-state index is 13.2. The van der Waals surface area contributed by atoms with Crippen LogP contribution in [0.3, 0.4) is 0 Å². The number of hydrogen-bond acceptors (Lipinski definition) is 3. The zero-order chi connectivity index (χ0) is 18.6. The summed E-state index contributed by atoms with van der Waals surface area (Å²) in [7, 11) is 0. The van der Waals surface area contributed by atoms with Crippen LogP contribution >= 0.6 is 0 Å². The molecule has 144 valence electrons. The number of hydrogen-bond donors (Lipinski definition) is 0. The lowest BCUT2D eigenvalue weighted by Gasteiger charge is -2.38. The molecule has 3 nitrogen and oxygen atoms in total. The number of rotatable bonds is 7. The molecule has 0 aliphatic heterocycles. The lowest BCUT2D eigenvalue weighted by molar-refractivity contribution is -0.172. The molecule has 0 radical (unpaired) electrons. The van der Waals surface area contributed by atoms with Gasteiger partial charge in [-0.3, -0.25) is 4.79 Å². The Kier molecular flexibility index (Phi) is 6.39. The molecule has 0 spiro atoms. The van der Waals surface area contributed by atoms with Gasteiger partial charge in [0.1, 0.15) is 0 Å². The summed E-state index contributed by atoms with van der Waals surface area (Å²) in [5, 5.41) is 0. The van der Waals surface area contributed by atoms with Crippen LogP contribution in [0.15, 0.2) is 24.3 Å². The van der Waals surface area contributed by atoms with E-state index >= 15 is 0 Å².